The third-order valence-electron chi connectivity index (χ3n) is 6.72. The van der Waals surface area contributed by atoms with Crippen molar-refractivity contribution in [3.05, 3.63) is 0 Å². The number of hydrogen-bond acceptors (Lipinski definition) is 3. The van der Waals surface area contributed by atoms with Gasteiger partial charge in [0.1, 0.15) is 0 Å². The second-order valence-electron chi connectivity index (χ2n) is 8.60. The molecule has 5 aliphatic rings. The number of nitrogens with zero attached hydrogens (tertiary/aromatic N) is 1. The molecule has 0 spiro atoms. The van der Waals surface area contributed by atoms with E-state index in [0.717, 1.165) is 49.6 Å². The minimum Gasteiger partial charge on any atom is -0.351 e. The third kappa shape index (κ3) is 2.69. The maximum Gasteiger partial charge on any atom is 0.237 e. The highest BCUT2D eigenvalue weighted by Gasteiger charge is 2.49. The molecule has 4 aliphatic carbocycles. The summed E-state index contributed by atoms with van der Waals surface area (Å²) in [7, 11) is 0. The quantitative estimate of drug-likeness (QED) is 0.832. The number of amides is 1. The molecule has 1 saturated heterocycles. The molecule has 0 aromatic rings. The van der Waals surface area contributed by atoms with Crippen molar-refractivity contribution in [2.75, 3.05) is 13.1 Å². The van der Waals surface area contributed by atoms with Crippen molar-refractivity contribution >= 4 is 5.91 Å². The molecule has 0 aromatic carbocycles. The van der Waals surface area contributed by atoms with Crippen molar-refractivity contribution in [3.8, 4) is 0 Å². The topological polar surface area (TPSA) is 58.4 Å². The molecule has 4 saturated carbocycles. The van der Waals surface area contributed by atoms with Gasteiger partial charge in [0.25, 0.3) is 0 Å². The fraction of sp³-hybridized carbons (Fsp3) is 0.944. The van der Waals surface area contributed by atoms with Gasteiger partial charge in [0.15, 0.2) is 0 Å². The molecule has 1 amide bonds. The van der Waals surface area contributed by atoms with Gasteiger partial charge >= 0.3 is 0 Å². The Labute approximate surface area is 134 Å². The van der Waals surface area contributed by atoms with Gasteiger partial charge in [-0.05, 0) is 82.1 Å². The summed E-state index contributed by atoms with van der Waals surface area (Å²) in [5.74, 6) is 3.76. The number of nitrogens with two attached hydrogens (primary N) is 1. The Morgan fingerprint density at radius 3 is 2.41 bits per heavy atom. The van der Waals surface area contributed by atoms with Crippen LogP contribution in [0.4, 0.5) is 0 Å². The Balaban J connectivity index is 1.39. The van der Waals surface area contributed by atoms with Gasteiger partial charge in [-0.25, -0.2) is 0 Å². The molecule has 0 unspecified atom stereocenters. The fourth-order valence-electron chi connectivity index (χ4n) is 6.13. The van der Waals surface area contributed by atoms with Crippen molar-refractivity contribution in [3.63, 3.8) is 0 Å². The summed E-state index contributed by atoms with van der Waals surface area (Å²) in [5, 5.41) is 3.49. The van der Waals surface area contributed by atoms with Crippen LogP contribution in [0.1, 0.15) is 51.9 Å². The van der Waals surface area contributed by atoms with Crippen LogP contribution in [-0.2, 0) is 4.79 Å². The average Bonchev–Trinajstić information content (AvgIpc) is 2.89. The van der Waals surface area contributed by atoms with E-state index in [1.165, 1.54) is 32.1 Å². The number of hydrogen-bond donors (Lipinski definition) is 2. The first-order valence-electron chi connectivity index (χ1n) is 9.40. The fourth-order valence-corrected chi connectivity index (χ4v) is 6.13. The van der Waals surface area contributed by atoms with Crippen LogP contribution in [0.5, 0.6) is 0 Å². The van der Waals surface area contributed by atoms with Gasteiger partial charge in [0.05, 0.1) is 6.04 Å². The predicted molar refractivity (Wildman–Crippen MR) is 87.2 cm³/mol. The summed E-state index contributed by atoms with van der Waals surface area (Å²) < 4.78 is 0. The van der Waals surface area contributed by atoms with E-state index < -0.39 is 0 Å². The van der Waals surface area contributed by atoms with Gasteiger partial charge in [-0.15, -0.1) is 0 Å². The molecule has 1 heterocycles. The van der Waals surface area contributed by atoms with Crippen LogP contribution in [0, 0.1) is 23.7 Å². The molecular weight excluding hydrogens is 274 g/mol. The summed E-state index contributed by atoms with van der Waals surface area (Å²) >= 11 is 0. The zero-order chi connectivity index (χ0) is 15.3. The second kappa shape index (κ2) is 5.79. The highest BCUT2D eigenvalue weighted by atomic mass is 16.2. The molecule has 4 heteroatoms. The van der Waals surface area contributed by atoms with Gasteiger partial charge in [0.2, 0.25) is 5.91 Å². The van der Waals surface area contributed by atoms with Gasteiger partial charge in [0, 0.05) is 18.6 Å². The smallest absolute Gasteiger partial charge is 0.237 e. The van der Waals surface area contributed by atoms with Crippen molar-refractivity contribution in [1.82, 2.24) is 10.2 Å². The largest absolute Gasteiger partial charge is 0.351 e. The van der Waals surface area contributed by atoms with Crippen LogP contribution in [0.2, 0.25) is 0 Å². The number of rotatable bonds is 4. The summed E-state index contributed by atoms with van der Waals surface area (Å²) in [5.41, 5.74) is 5.94. The first-order valence-corrected chi connectivity index (χ1v) is 9.40. The van der Waals surface area contributed by atoms with Crippen LogP contribution >= 0.6 is 0 Å². The van der Waals surface area contributed by atoms with Gasteiger partial charge < -0.3 is 11.1 Å². The lowest BCUT2D eigenvalue weighted by atomic mass is 9.54. The molecule has 3 N–H and O–H groups in total. The molecule has 5 fully saturated rings. The Morgan fingerprint density at radius 1 is 1.18 bits per heavy atom. The van der Waals surface area contributed by atoms with E-state index in [1.807, 2.05) is 6.92 Å². The Hall–Kier alpha value is -0.610. The lowest BCUT2D eigenvalue weighted by Crippen LogP contribution is -2.58. The predicted octanol–water partition coefficient (Wildman–Crippen LogP) is 1.74. The van der Waals surface area contributed by atoms with E-state index >= 15 is 0 Å². The minimum atomic E-state index is 0.0724. The van der Waals surface area contributed by atoms with Crippen LogP contribution in [-0.4, -0.2) is 42.0 Å². The maximum atomic E-state index is 12.8. The summed E-state index contributed by atoms with van der Waals surface area (Å²) in [6.45, 7) is 3.91. The van der Waals surface area contributed by atoms with E-state index in [1.54, 1.807) is 0 Å². The SMILES string of the molecule is C[C@@H](N)CN1CCC[C@H]1C(=O)NC1C2CC3CC(C2)CC1C3. The standard InChI is InChI=1S/C18H31N3O/c1-11(19)10-21-4-2-3-16(21)18(22)20-17-14-6-12-5-13(8-14)9-15(17)7-12/h11-17H,2-10,19H2,1H3,(H,20,22)/t11-,12?,13?,14?,15?,16+,17?/m1/s1. The molecule has 4 nitrogen and oxygen atoms in total. The van der Waals surface area contributed by atoms with Crippen LogP contribution in [0.3, 0.4) is 0 Å². The van der Waals surface area contributed by atoms with Crippen molar-refractivity contribution < 1.29 is 4.79 Å². The molecule has 4 bridgehead atoms. The lowest BCUT2D eigenvalue weighted by molar-refractivity contribution is -0.129. The highest BCUT2D eigenvalue weighted by Crippen LogP contribution is 2.53. The number of carbonyl (C=O) groups excluding carboxylic acids is 1. The Kier molecular flexibility index (Phi) is 3.93. The van der Waals surface area contributed by atoms with Crippen molar-refractivity contribution in [2.45, 2.75) is 70.0 Å². The zero-order valence-corrected chi connectivity index (χ0v) is 13.8. The number of nitrogens with one attached hydrogen (secondary N) is 1. The van der Waals surface area contributed by atoms with Gasteiger partial charge in [-0.1, -0.05) is 0 Å². The first-order chi connectivity index (χ1) is 10.6. The summed E-state index contributed by atoms with van der Waals surface area (Å²) in [6.07, 6.45) is 9.08. The molecule has 2 atom stereocenters. The van der Waals surface area contributed by atoms with E-state index in [-0.39, 0.29) is 18.0 Å². The van der Waals surface area contributed by atoms with Crippen LogP contribution in [0.15, 0.2) is 0 Å². The van der Waals surface area contributed by atoms with E-state index in [2.05, 4.69) is 10.2 Å². The third-order valence-corrected chi connectivity index (χ3v) is 6.72. The first kappa shape index (κ1) is 14.9. The monoisotopic (exact) mass is 305 g/mol. The normalized spacial score (nSPS) is 45.2. The molecule has 5 rings (SSSR count). The maximum absolute atomic E-state index is 12.8. The molecule has 0 radical (unpaired) electrons. The van der Waals surface area contributed by atoms with E-state index in [0.29, 0.717) is 6.04 Å². The second-order valence-corrected chi connectivity index (χ2v) is 8.60. The lowest BCUT2D eigenvalue weighted by Gasteiger charge is -2.54. The Bertz CT molecular complexity index is 408. The molecular formula is C18H31N3O. The number of likely N-dealkylation sites (tertiary alicyclic amines) is 1. The minimum absolute atomic E-state index is 0.0724. The summed E-state index contributed by atoms with van der Waals surface area (Å²) in [6, 6.07) is 0.691. The zero-order valence-electron chi connectivity index (χ0n) is 13.8. The van der Waals surface area contributed by atoms with E-state index in [9.17, 15) is 4.79 Å². The van der Waals surface area contributed by atoms with E-state index in [4.69, 9.17) is 5.73 Å². The summed E-state index contributed by atoms with van der Waals surface area (Å²) in [4.78, 5) is 15.1. The number of carbonyl (C=O) groups is 1. The molecule has 1 aliphatic heterocycles. The molecule has 124 valence electrons. The van der Waals surface area contributed by atoms with Crippen molar-refractivity contribution in [2.24, 2.45) is 29.4 Å². The highest BCUT2D eigenvalue weighted by molar-refractivity contribution is 5.82. The van der Waals surface area contributed by atoms with Crippen LogP contribution in [0.25, 0.3) is 0 Å². The van der Waals surface area contributed by atoms with Crippen molar-refractivity contribution in [1.29, 1.82) is 0 Å². The Morgan fingerprint density at radius 2 is 1.82 bits per heavy atom. The van der Waals surface area contributed by atoms with Gasteiger partial charge in [-0.2, -0.15) is 0 Å². The average molecular weight is 305 g/mol. The van der Waals surface area contributed by atoms with Gasteiger partial charge in [-0.3, -0.25) is 9.69 Å². The van der Waals surface area contributed by atoms with Crippen LogP contribution < -0.4 is 11.1 Å². The molecule has 0 aromatic heterocycles. The molecule has 22 heavy (non-hydrogen) atoms.